The summed E-state index contributed by atoms with van der Waals surface area (Å²) in [7, 11) is 1.36. The standard InChI is InChI=1S/C24H33ClN4O4/c1-33-22(31)20(5-11-27-13-9-24(7-8-24)10-14-27)29-16-15-28(12-6-21(29)30)23(32)26-19-4-2-3-18(25)17-19/h2-4,17,20H,5-16H2,1H3,(H,26,32). The molecule has 2 aliphatic heterocycles. The number of methoxy groups -OCH3 is 1. The predicted octanol–water partition coefficient (Wildman–Crippen LogP) is 3.21. The van der Waals surface area contributed by atoms with Gasteiger partial charge in [0.1, 0.15) is 6.04 Å². The molecule has 0 bridgehead atoms. The molecule has 1 aliphatic carbocycles. The smallest absolute Gasteiger partial charge is 0.328 e. The van der Waals surface area contributed by atoms with Crippen molar-refractivity contribution in [2.45, 2.75) is 44.6 Å². The number of likely N-dealkylation sites (tertiary alicyclic amines) is 1. The van der Waals surface area contributed by atoms with Crippen molar-refractivity contribution >= 4 is 35.2 Å². The lowest BCUT2D eigenvalue weighted by Gasteiger charge is -2.34. The van der Waals surface area contributed by atoms with Gasteiger partial charge < -0.3 is 24.8 Å². The number of nitrogens with one attached hydrogen (secondary N) is 1. The quantitative estimate of drug-likeness (QED) is 0.637. The summed E-state index contributed by atoms with van der Waals surface area (Å²) in [5.74, 6) is -0.519. The highest BCUT2D eigenvalue weighted by atomic mass is 35.5. The Morgan fingerprint density at radius 1 is 1.12 bits per heavy atom. The number of hydrogen-bond acceptors (Lipinski definition) is 5. The highest BCUT2D eigenvalue weighted by Crippen LogP contribution is 2.53. The largest absolute Gasteiger partial charge is 0.467 e. The van der Waals surface area contributed by atoms with Crippen LogP contribution in [0.15, 0.2) is 24.3 Å². The number of urea groups is 1. The molecular weight excluding hydrogens is 444 g/mol. The Morgan fingerprint density at radius 2 is 1.88 bits per heavy atom. The van der Waals surface area contributed by atoms with Crippen LogP contribution in [0, 0.1) is 5.41 Å². The van der Waals surface area contributed by atoms with E-state index in [2.05, 4.69) is 10.2 Å². The maximum absolute atomic E-state index is 12.9. The zero-order valence-electron chi connectivity index (χ0n) is 19.2. The first kappa shape index (κ1) is 23.8. The minimum atomic E-state index is -0.629. The molecule has 1 unspecified atom stereocenters. The van der Waals surface area contributed by atoms with Gasteiger partial charge in [-0.2, -0.15) is 0 Å². The highest BCUT2D eigenvalue weighted by Gasteiger charge is 2.44. The van der Waals surface area contributed by atoms with Crippen LogP contribution in [0.3, 0.4) is 0 Å². The molecule has 1 saturated carbocycles. The predicted molar refractivity (Wildman–Crippen MR) is 126 cm³/mol. The van der Waals surface area contributed by atoms with Gasteiger partial charge in [0.15, 0.2) is 0 Å². The number of amides is 3. The number of benzene rings is 1. The molecule has 4 rings (SSSR count). The second kappa shape index (κ2) is 10.3. The number of esters is 1. The third-order valence-electron chi connectivity index (χ3n) is 7.33. The lowest BCUT2D eigenvalue weighted by atomic mass is 9.93. The fourth-order valence-electron chi connectivity index (χ4n) is 4.91. The molecule has 0 aromatic heterocycles. The normalized spacial score (nSPS) is 21.5. The van der Waals surface area contributed by atoms with E-state index in [4.69, 9.17) is 16.3 Å². The van der Waals surface area contributed by atoms with E-state index < -0.39 is 12.0 Å². The Kier molecular flexibility index (Phi) is 7.44. The van der Waals surface area contributed by atoms with Gasteiger partial charge in [0, 0.05) is 43.3 Å². The van der Waals surface area contributed by atoms with Crippen molar-refractivity contribution in [1.29, 1.82) is 0 Å². The van der Waals surface area contributed by atoms with Gasteiger partial charge >= 0.3 is 12.0 Å². The SMILES string of the molecule is COC(=O)C(CCN1CCC2(CC1)CC2)N1CCN(C(=O)Nc2cccc(Cl)c2)CCC1=O. The number of nitrogens with zero attached hydrogens (tertiary/aromatic N) is 3. The van der Waals surface area contributed by atoms with Crippen LogP contribution >= 0.6 is 11.6 Å². The molecule has 33 heavy (non-hydrogen) atoms. The number of ether oxygens (including phenoxy) is 1. The molecule has 3 aliphatic rings. The van der Waals surface area contributed by atoms with Crippen LogP contribution in [0.1, 0.15) is 38.5 Å². The van der Waals surface area contributed by atoms with Crippen LogP contribution in [0.2, 0.25) is 5.02 Å². The number of rotatable bonds is 6. The fourth-order valence-corrected chi connectivity index (χ4v) is 5.10. The van der Waals surface area contributed by atoms with Gasteiger partial charge in [0.2, 0.25) is 5.91 Å². The van der Waals surface area contributed by atoms with Crippen molar-refractivity contribution in [3.8, 4) is 0 Å². The Bertz CT molecular complexity index is 881. The molecule has 1 atom stereocenters. The van der Waals surface area contributed by atoms with E-state index in [1.807, 2.05) is 0 Å². The van der Waals surface area contributed by atoms with Crippen LogP contribution in [-0.2, 0) is 14.3 Å². The van der Waals surface area contributed by atoms with Crippen molar-refractivity contribution in [2.75, 3.05) is 51.7 Å². The first-order chi connectivity index (χ1) is 15.9. The van der Waals surface area contributed by atoms with Crippen LogP contribution in [0.4, 0.5) is 10.5 Å². The first-order valence-electron chi connectivity index (χ1n) is 11.8. The average Bonchev–Trinajstić information content (AvgIpc) is 3.59. The van der Waals surface area contributed by atoms with Gasteiger partial charge in [-0.05, 0) is 68.8 Å². The van der Waals surface area contributed by atoms with E-state index in [0.29, 0.717) is 42.2 Å². The van der Waals surface area contributed by atoms with Gasteiger partial charge in [-0.15, -0.1) is 0 Å². The number of carbonyl (C=O) groups is 3. The topological polar surface area (TPSA) is 82.2 Å². The second-order valence-electron chi connectivity index (χ2n) is 9.43. The zero-order chi connectivity index (χ0) is 23.4. The summed E-state index contributed by atoms with van der Waals surface area (Å²) in [6.07, 6.45) is 5.89. The minimum absolute atomic E-state index is 0.126. The zero-order valence-corrected chi connectivity index (χ0v) is 20.0. The molecule has 3 fully saturated rings. The lowest BCUT2D eigenvalue weighted by molar-refractivity contribution is -0.153. The van der Waals surface area contributed by atoms with Crippen molar-refractivity contribution in [3.05, 3.63) is 29.3 Å². The van der Waals surface area contributed by atoms with Crippen molar-refractivity contribution in [2.24, 2.45) is 5.41 Å². The lowest BCUT2D eigenvalue weighted by Crippen LogP contribution is -2.48. The molecule has 0 radical (unpaired) electrons. The second-order valence-corrected chi connectivity index (χ2v) is 9.87. The number of piperidine rings is 1. The summed E-state index contributed by atoms with van der Waals surface area (Å²) in [4.78, 5) is 43.9. The molecule has 8 nitrogen and oxygen atoms in total. The molecule has 2 heterocycles. The average molecular weight is 477 g/mol. The van der Waals surface area contributed by atoms with E-state index >= 15 is 0 Å². The number of anilines is 1. The highest BCUT2D eigenvalue weighted by molar-refractivity contribution is 6.30. The van der Waals surface area contributed by atoms with Crippen molar-refractivity contribution in [1.82, 2.24) is 14.7 Å². The Hall–Kier alpha value is -2.32. The number of hydrogen-bond donors (Lipinski definition) is 1. The van der Waals surface area contributed by atoms with E-state index in [1.165, 1.54) is 32.8 Å². The van der Waals surface area contributed by atoms with E-state index in [0.717, 1.165) is 19.6 Å². The van der Waals surface area contributed by atoms with Crippen LogP contribution in [0.5, 0.6) is 0 Å². The molecule has 3 amide bonds. The van der Waals surface area contributed by atoms with Crippen LogP contribution in [0.25, 0.3) is 0 Å². The molecule has 2 saturated heterocycles. The molecule has 1 aromatic rings. The van der Waals surface area contributed by atoms with E-state index in [9.17, 15) is 14.4 Å². The summed E-state index contributed by atoms with van der Waals surface area (Å²) in [5, 5.41) is 3.36. The maximum Gasteiger partial charge on any atom is 0.328 e. The fraction of sp³-hybridized carbons (Fsp3) is 0.625. The van der Waals surface area contributed by atoms with Gasteiger partial charge in [-0.3, -0.25) is 4.79 Å². The van der Waals surface area contributed by atoms with Gasteiger partial charge in [0.25, 0.3) is 0 Å². The summed E-state index contributed by atoms with van der Waals surface area (Å²) >= 11 is 6.00. The summed E-state index contributed by atoms with van der Waals surface area (Å²) in [5.41, 5.74) is 1.20. The van der Waals surface area contributed by atoms with Crippen molar-refractivity contribution in [3.63, 3.8) is 0 Å². The molecule has 1 N–H and O–H groups in total. The number of carbonyl (C=O) groups excluding carboxylic acids is 3. The molecular formula is C24H33ClN4O4. The Balaban J connectivity index is 1.34. The minimum Gasteiger partial charge on any atom is -0.467 e. The summed E-state index contributed by atoms with van der Waals surface area (Å²) in [6, 6.07) is 6.02. The van der Waals surface area contributed by atoms with Crippen LogP contribution in [-0.4, -0.2) is 85.0 Å². The van der Waals surface area contributed by atoms with Gasteiger partial charge in [0.05, 0.1) is 7.11 Å². The molecule has 180 valence electrons. The molecule has 9 heteroatoms. The van der Waals surface area contributed by atoms with E-state index in [1.54, 1.807) is 34.1 Å². The number of halogens is 1. The third-order valence-corrected chi connectivity index (χ3v) is 7.57. The Labute approximate surface area is 200 Å². The monoisotopic (exact) mass is 476 g/mol. The first-order valence-corrected chi connectivity index (χ1v) is 12.2. The van der Waals surface area contributed by atoms with E-state index in [-0.39, 0.29) is 18.4 Å². The van der Waals surface area contributed by atoms with Crippen molar-refractivity contribution < 1.29 is 19.1 Å². The van der Waals surface area contributed by atoms with Crippen LogP contribution < -0.4 is 5.32 Å². The summed E-state index contributed by atoms with van der Waals surface area (Å²) in [6.45, 7) is 3.81. The Morgan fingerprint density at radius 3 is 2.55 bits per heavy atom. The third kappa shape index (κ3) is 5.98. The van der Waals surface area contributed by atoms with Gasteiger partial charge in [-0.1, -0.05) is 17.7 Å². The molecule has 1 aromatic carbocycles. The molecule has 1 spiro atoms. The maximum atomic E-state index is 12.9. The van der Waals surface area contributed by atoms with Gasteiger partial charge in [-0.25, -0.2) is 9.59 Å². The summed E-state index contributed by atoms with van der Waals surface area (Å²) < 4.78 is 5.05.